The summed E-state index contributed by atoms with van der Waals surface area (Å²) in [5.74, 6) is -0.605. The summed E-state index contributed by atoms with van der Waals surface area (Å²) in [4.78, 5) is 27.1. The van der Waals surface area contributed by atoms with Gasteiger partial charge in [-0.05, 0) is 51.3 Å². The summed E-state index contributed by atoms with van der Waals surface area (Å²) in [6, 6.07) is 12.1. The number of hydrogen-bond acceptors (Lipinski definition) is 3. The normalized spacial score (nSPS) is 10.8. The number of carbonyl (C=O) groups excluding carboxylic acids is 2. The highest BCUT2D eigenvalue weighted by Crippen LogP contribution is 2.24. The molecule has 3 rings (SSSR count). The minimum atomic E-state index is -0.338. The third-order valence-corrected chi connectivity index (χ3v) is 5.79. The molecule has 0 spiro atoms. The van der Waals surface area contributed by atoms with Gasteiger partial charge in [-0.3, -0.25) is 9.59 Å². The highest BCUT2D eigenvalue weighted by atomic mass is 35.5. The lowest BCUT2D eigenvalue weighted by Gasteiger charge is -2.18. The number of amides is 2. The first-order chi connectivity index (χ1) is 15.1. The summed E-state index contributed by atoms with van der Waals surface area (Å²) in [5, 5.41) is 7.64. The Bertz CT molecular complexity index is 1140. The summed E-state index contributed by atoms with van der Waals surface area (Å²) in [7, 11) is 1.59. The van der Waals surface area contributed by atoms with E-state index in [2.05, 4.69) is 10.4 Å². The third kappa shape index (κ3) is 5.19. The van der Waals surface area contributed by atoms with E-state index < -0.39 is 0 Å². The SMILES string of the molecule is Cc1ccc(Cn2nc(C)c(C(=O)N(C)CC(=O)Nc3c(C)cc(C)cc3C)c2Cl)cc1. The van der Waals surface area contributed by atoms with Gasteiger partial charge < -0.3 is 10.2 Å². The van der Waals surface area contributed by atoms with Crippen molar-refractivity contribution in [3.05, 3.63) is 80.6 Å². The maximum atomic E-state index is 13.1. The number of hydrogen-bond donors (Lipinski definition) is 1. The average molecular weight is 453 g/mol. The standard InChI is InChI=1S/C25H29ClN4O2/c1-15-7-9-20(10-8-15)13-30-24(26)22(19(5)28-30)25(32)29(6)14-21(31)27-23-17(3)11-16(2)12-18(23)4/h7-12H,13-14H2,1-6H3,(H,27,31). The van der Waals surface area contributed by atoms with Crippen LogP contribution in [0.5, 0.6) is 0 Å². The summed E-state index contributed by atoms with van der Waals surface area (Å²) in [5.41, 5.74) is 6.95. The molecule has 0 saturated carbocycles. The van der Waals surface area contributed by atoms with Crippen molar-refractivity contribution >= 4 is 29.1 Å². The lowest BCUT2D eigenvalue weighted by atomic mass is 10.1. The van der Waals surface area contributed by atoms with Crippen LogP contribution in [-0.4, -0.2) is 40.1 Å². The van der Waals surface area contributed by atoms with E-state index in [1.54, 1.807) is 18.7 Å². The quantitative estimate of drug-likeness (QED) is 0.582. The van der Waals surface area contributed by atoms with Gasteiger partial charge in [0, 0.05) is 12.7 Å². The van der Waals surface area contributed by atoms with E-state index in [4.69, 9.17) is 11.6 Å². The molecule has 2 amide bonds. The Morgan fingerprint density at radius 1 is 1.00 bits per heavy atom. The Morgan fingerprint density at radius 2 is 1.59 bits per heavy atom. The van der Waals surface area contributed by atoms with Crippen LogP contribution in [0.25, 0.3) is 0 Å². The largest absolute Gasteiger partial charge is 0.332 e. The monoisotopic (exact) mass is 452 g/mol. The van der Waals surface area contributed by atoms with Crippen molar-refractivity contribution in [1.29, 1.82) is 0 Å². The second-order valence-corrected chi connectivity index (χ2v) is 8.74. The molecule has 0 fully saturated rings. The van der Waals surface area contributed by atoms with Crippen molar-refractivity contribution in [2.45, 2.75) is 41.2 Å². The maximum absolute atomic E-state index is 13.1. The Kier molecular flexibility index (Phi) is 7.04. The molecule has 1 N–H and O–H groups in total. The number of nitrogens with zero attached hydrogens (tertiary/aromatic N) is 3. The summed E-state index contributed by atoms with van der Waals surface area (Å²) >= 11 is 6.52. The van der Waals surface area contributed by atoms with Crippen LogP contribution in [0.2, 0.25) is 5.15 Å². The molecule has 3 aromatic rings. The van der Waals surface area contributed by atoms with E-state index in [0.29, 0.717) is 17.8 Å². The number of aryl methyl sites for hydroxylation is 5. The molecule has 0 radical (unpaired) electrons. The van der Waals surface area contributed by atoms with Crippen LogP contribution in [-0.2, 0) is 11.3 Å². The van der Waals surface area contributed by atoms with Gasteiger partial charge in [-0.2, -0.15) is 5.10 Å². The number of benzene rings is 2. The predicted octanol–water partition coefficient (Wildman–Crippen LogP) is 4.84. The minimum Gasteiger partial charge on any atom is -0.332 e. The van der Waals surface area contributed by atoms with Crippen LogP contribution in [0.3, 0.4) is 0 Å². The van der Waals surface area contributed by atoms with Crippen LogP contribution in [0.4, 0.5) is 5.69 Å². The zero-order chi connectivity index (χ0) is 23.6. The molecule has 0 atom stereocenters. The topological polar surface area (TPSA) is 67.2 Å². The fourth-order valence-corrected chi connectivity index (χ4v) is 4.12. The zero-order valence-electron chi connectivity index (χ0n) is 19.4. The van der Waals surface area contributed by atoms with Gasteiger partial charge in [-0.25, -0.2) is 4.68 Å². The molecule has 6 nitrogen and oxygen atoms in total. The lowest BCUT2D eigenvalue weighted by Crippen LogP contribution is -2.35. The number of aromatic nitrogens is 2. The molecule has 0 unspecified atom stereocenters. The minimum absolute atomic E-state index is 0.0928. The lowest BCUT2D eigenvalue weighted by molar-refractivity contribution is -0.116. The molecule has 0 aliphatic rings. The Hall–Kier alpha value is -3.12. The van der Waals surface area contributed by atoms with Crippen LogP contribution in [0.15, 0.2) is 36.4 Å². The molecule has 0 saturated heterocycles. The van der Waals surface area contributed by atoms with Crippen molar-refractivity contribution in [1.82, 2.24) is 14.7 Å². The van der Waals surface area contributed by atoms with E-state index >= 15 is 0 Å². The maximum Gasteiger partial charge on any atom is 0.259 e. The number of carbonyl (C=O) groups is 2. The molecule has 1 heterocycles. The Morgan fingerprint density at radius 3 is 2.19 bits per heavy atom. The Balaban J connectivity index is 1.72. The van der Waals surface area contributed by atoms with E-state index in [1.165, 1.54) is 10.5 Å². The van der Waals surface area contributed by atoms with Crippen molar-refractivity contribution in [3.8, 4) is 0 Å². The van der Waals surface area contributed by atoms with Gasteiger partial charge >= 0.3 is 0 Å². The van der Waals surface area contributed by atoms with Crippen molar-refractivity contribution < 1.29 is 9.59 Å². The Labute approximate surface area is 194 Å². The molecular weight excluding hydrogens is 424 g/mol. The average Bonchev–Trinajstić information content (AvgIpc) is 2.98. The van der Waals surface area contributed by atoms with Gasteiger partial charge in [0.05, 0.1) is 24.3 Å². The number of halogens is 1. The highest BCUT2D eigenvalue weighted by Gasteiger charge is 2.24. The third-order valence-electron chi connectivity index (χ3n) is 5.40. The molecule has 0 bridgehead atoms. The molecular formula is C25H29ClN4O2. The predicted molar refractivity (Wildman–Crippen MR) is 128 cm³/mol. The van der Waals surface area contributed by atoms with Crippen LogP contribution >= 0.6 is 11.6 Å². The molecule has 168 valence electrons. The molecule has 0 aliphatic heterocycles. The van der Waals surface area contributed by atoms with E-state index in [1.807, 2.05) is 64.1 Å². The smallest absolute Gasteiger partial charge is 0.259 e. The zero-order valence-corrected chi connectivity index (χ0v) is 20.2. The fourth-order valence-electron chi connectivity index (χ4n) is 3.80. The van der Waals surface area contributed by atoms with Crippen LogP contribution < -0.4 is 5.32 Å². The van der Waals surface area contributed by atoms with Crippen LogP contribution in [0.1, 0.15) is 43.9 Å². The second-order valence-electron chi connectivity index (χ2n) is 8.38. The fraction of sp³-hybridized carbons (Fsp3) is 0.320. The number of anilines is 1. The van der Waals surface area contributed by atoms with Gasteiger partial charge in [-0.15, -0.1) is 0 Å². The molecule has 7 heteroatoms. The van der Waals surface area contributed by atoms with Crippen molar-refractivity contribution in [2.24, 2.45) is 0 Å². The molecule has 1 aromatic heterocycles. The van der Waals surface area contributed by atoms with Crippen LogP contribution in [0, 0.1) is 34.6 Å². The number of likely N-dealkylation sites (N-methyl/N-ethyl adjacent to an activating group) is 1. The second kappa shape index (κ2) is 9.57. The van der Waals surface area contributed by atoms with Gasteiger partial charge in [0.15, 0.2) is 0 Å². The molecule has 32 heavy (non-hydrogen) atoms. The molecule has 2 aromatic carbocycles. The first-order valence-electron chi connectivity index (χ1n) is 10.5. The van der Waals surface area contributed by atoms with E-state index in [0.717, 1.165) is 27.9 Å². The summed E-state index contributed by atoms with van der Waals surface area (Å²) < 4.78 is 1.61. The molecule has 0 aliphatic carbocycles. The van der Waals surface area contributed by atoms with Gasteiger partial charge in [-0.1, -0.05) is 59.1 Å². The number of rotatable bonds is 6. The van der Waals surface area contributed by atoms with Crippen molar-refractivity contribution in [2.75, 3.05) is 18.9 Å². The van der Waals surface area contributed by atoms with Gasteiger partial charge in [0.1, 0.15) is 5.15 Å². The first kappa shape index (κ1) is 23.5. The summed E-state index contributed by atoms with van der Waals surface area (Å²) in [6.45, 7) is 10.1. The summed E-state index contributed by atoms with van der Waals surface area (Å²) in [6.07, 6.45) is 0. The van der Waals surface area contributed by atoms with Gasteiger partial charge in [0.2, 0.25) is 5.91 Å². The first-order valence-corrected chi connectivity index (χ1v) is 10.9. The van der Waals surface area contributed by atoms with E-state index in [9.17, 15) is 9.59 Å². The van der Waals surface area contributed by atoms with Crippen molar-refractivity contribution in [3.63, 3.8) is 0 Å². The number of nitrogens with one attached hydrogen (secondary N) is 1. The van der Waals surface area contributed by atoms with E-state index in [-0.39, 0.29) is 23.5 Å². The van der Waals surface area contributed by atoms with Gasteiger partial charge in [0.25, 0.3) is 5.91 Å². The highest BCUT2D eigenvalue weighted by molar-refractivity contribution is 6.33.